The van der Waals surface area contributed by atoms with Gasteiger partial charge in [-0.25, -0.2) is 0 Å². The number of fused-ring (bicyclic) bond motifs is 1. The van der Waals surface area contributed by atoms with Crippen LogP contribution in [0.4, 0.5) is 5.69 Å². The van der Waals surface area contributed by atoms with Crippen LogP contribution in [0.15, 0.2) is 48.5 Å². The molecule has 2 aromatic rings. The molecule has 2 saturated heterocycles. The van der Waals surface area contributed by atoms with Crippen LogP contribution in [0.5, 0.6) is 0 Å². The van der Waals surface area contributed by atoms with E-state index in [1.165, 1.54) is 4.90 Å². The summed E-state index contributed by atoms with van der Waals surface area (Å²) >= 11 is 1.85. The molecule has 0 aromatic heterocycles. The van der Waals surface area contributed by atoms with E-state index in [-0.39, 0.29) is 36.6 Å². The highest BCUT2D eigenvalue weighted by Crippen LogP contribution is 2.40. The second-order valence-corrected chi connectivity index (χ2v) is 10.5. The number of piperazine rings is 1. The van der Waals surface area contributed by atoms with E-state index in [2.05, 4.69) is 10.6 Å². The van der Waals surface area contributed by atoms with E-state index in [4.69, 9.17) is 0 Å². The molecular weight excluding hydrogens is 464 g/mol. The first-order chi connectivity index (χ1) is 16.9. The van der Waals surface area contributed by atoms with E-state index in [0.717, 1.165) is 35.5 Å². The van der Waals surface area contributed by atoms with Gasteiger partial charge in [0.05, 0.1) is 18.5 Å². The van der Waals surface area contributed by atoms with Gasteiger partial charge in [0.2, 0.25) is 11.8 Å². The van der Waals surface area contributed by atoms with Gasteiger partial charge in [0, 0.05) is 36.4 Å². The predicted molar refractivity (Wildman–Crippen MR) is 134 cm³/mol. The molecule has 8 nitrogen and oxygen atoms in total. The van der Waals surface area contributed by atoms with Crippen molar-refractivity contribution >= 4 is 41.1 Å². The number of amides is 4. The highest BCUT2D eigenvalue weighted by Gasteiger charge is 2.45. The van der Waals surface area contributed by atoms with Crippen LogP contribution in [0.25, 0.3) is 0 Å². The fraction of sp³-hybridized carbons (Fsp3) is 0.385. The molecule has 0 spiro atoms. The van der Waals surface area contributed by atoms with Crippen molar-refractivity contribution in [3.63, 3.8) is 0 Å². The second-order valence-electron chi connectivity index (χ2n) is 9.27. The van der Waals surface area contributed by atoms with Gasteiger partial charge in [-0.1, -0.05) is 24.3 Å². The van der Waals surface area contributed by atoms with E-state index in [9.17, 15) is 19.2 Å². The third-order valence-electron chi connectivity index (χ3n) is 7.03. The Kier molecular flexibility index (Phi) is 6.51. The minimum absolute atomic E-state index is 0.00142. The van der Waals surface area contributed by atoms with Crippen molar-refractivity contribution in [3.05, 3.63) is 65.2 Å². The van der Waals surface area contributed by atoms with Gasteiger partial charge in [-0.05, 0) is 54.2 Å². The molecule has 2 aromatic carbocycles. The van der Waals surface area contributed by atoms with Gasteiger partial charge in [-0.3, -0.25) is 19.2 Å². The first-order valence-electron chi connectivity index (χ1n) is 11.9. The number of hydrogen-bond acceptors (Lipinski definition) is 5. The fourth-order valence-corrected chi connectivity index (χ4v) is 6.41. The number of rotatable bonds is 5. The van der Waals surface area contributed by atoms with Gasteiger partial charge < -0.3 is 20.4 Å². The number of nitrogens with one attached hydrogen (secondary N) is 2. The van der Waals surface area contributed by atoms with Gasteiger partial charge >= 0.3 is 0 Å². The Labute approximate surface area is 208 Å². The van der Waals surface area contributed by atoms with E-state index in [1.807, 2.05) is 40.9 Å². The molecule has 4 amide bonds. The van der Waals surface area contributed by atoms with Crippen LogP contribution < -0.4 is 10.6 Å². The lowest BCUT2D eigenvalue weighted by Crippen LogP contribution is -2.53. The summed E-state index contributed by atoms with van der Waals surface area (Å²) in [6.45, 7) is 1.44. The molecule has 3 aliphatic heterocycles. The van der Waals surface area contributed by atoms with Crippen molar-refractivity contribution < 1.29 is 19.2 Å². The molecule has 0 radical (unpaired) electrons. The summed E-state index contributed by atoms with van der Waals surface area (Å²) in [6, 6.07) is 14.5. The van der Waals surface area contributed by atoms with E-state index in [1.54, 1.807) is 24.3 Å². The van der Waals surface area contributed by atoms with Crippen LogP contribution >= 0.6 is 11.8 Å². The van der Waals surface area contributed by atoms with Crippen molar-refractivity contribution in [1.82, 2.24) is 15.1 Å². The maximum absolute atomic E-state index is 13.3. The van der Waals surface area contributed by atoms with Crippen LogP contribution in [0.3, 0.4) is 0 Å². The second kappa shape index (κ2) is 9.73. The number of hydrogen-bond donors (Lipinski definition) is 2. The fourth-order valence-electron chi connectivity index (χ4n) is 5.16. The number of thioether (sulfide) groups is 1. The summed E-state index contributed by atoms with van der Waals surface area (Å²) in [5, 5.41) is 5.66. The van der Waals surface area contributed by atoms with Crippen molar-refractivity contribution in [3.8, 4) is 0 Å². The van der Waals surface area contributed by atoms with Gasteiger partial charge in [0.25, 0.3) is 11.8 Å². The third-order valence-corrected chi connectivity index (χ3v) is 8.01. The first kappa shape index (κ1) is 23.4. The minimum Gasteiger partial charge on any atom is -0.353 e. The molecule has 35 heavy (non-hydrogen) atoms. The summed E-state index contributed by atoms with van der Waals surface area (Å²) in [7, 11) is 0. The molecule has 5 rings (SSSR count). The zero-order chi connectivity index (χ0) is 24.4. The molecule has 0 unspecified atom stereocenters. The van der Waals surface area contributed by atoms with Gasteiger partial charge in [0.15, 0.2) is 0 Å². The maximum atomic E-state index is 13.3. The molecule has 0 bridgehead atoms. The Balaban J connectivity index is 1.30. The lowest BCUT2D eigenvalue weighted by Gasteiger charge is -2.44. The summed E-state index contributed by atoms with van der Waals surface area (Å²) in [6.07, 6.45) is 1.73. The summed E-state index contributed by atoms with van der Waals surface area (Å²) in [5.41, 5.74) is 2.15. The van der Waals surface area contributed by atoms with Gasteiger partial charge in [-0.2, -0.15) is 11.8 Å². The lowest BCUT2D eigenvalue weighted by molar-refractivity contribution is -0.123. The highest BCUT2D eigenvalue weighted by molar-refractivity contribution is 7.99. The van der Waals surface area contributed by atoms with Crippen molar-refractivity contribution in [1.29, 1.82) is 0 Å². The Morgan fingerprint density at radius 1 is 1.03 bits per heavy atom. The lowest BCUT2D eigenvalue weighted by atomic mass is 9.86. The van der Waals surface area contributed by atoms with E-state index >= 15 is 0 Å². The van der Waals surface area contributed by atoms with Crippen LogP contribution in [-0.2, 0) is 16.1 Å². The predicted octanol–water partition coefficient (Wildman–Crippen LogP) is 2.51. The first-order valence-corrected chi connectivity index (χ1v) is 13.0. The molecular formula is C26H28N4O4S. The molecule has 9 heteroatoms. The smallest absolute Gasteiger partial charge is 0.254 e. The zero-order valence-corrected chi connectivity index (χ0v) is 20.2. The Morgan fingerprint density at radius 2 is 1.83 bits per heavy atom. The normalized spacial score (nSPS) is 19.2. The van der Waals surface area contributed by atoms with Crippen molar-refractivity contribution in [2.24, 2.45) is 0 Å². The van der Waals surface area contributed by atoms with Crippen LogP contribution in [0, 0.1) is 0 Å². The summed E-state index contributed by atoms with van der Waals surface area (Å²) in [5.74, 6) is 1.21. The highest BCUT2D eigenvalue weighted by atomic mass is 32.2. The Bertz CT molecular complexity index is 1180. The monoisotopic (exact) mass is 492 g/mol. The molecule has 2 N–H and O–H groups in total. The van der Waals surface area contributed by atoms with Gasteiger partial charge in [0.1, 0.15) is 0 Å². The van der Waals surface area contributed by atoms with Crippen molar-refractivity contribution in [2.75, 3.05) is 36.5 Å². The van der Waals surface area contributed by atoms with Crippen LogP contribution in [-0.4, -0.2) is 70.1 Å². The summed E-state index contributed by atoms with van der Waals surface area (Å²) < 4.78 is 0. The maximum Gasteiger partial charge on any atom is 0.254 e. The standard InChI is InChI=1S/C26H28N4O4S/c31-22(28-20-6-3-5-18(14-20)24(33)29-11-10-27-23(32)17-29)15-26(8-12-35-13-9-26)30-16-19-4-1-2-7-21(19)25(30)34/h1-7,14H,8-13,15-17H2,(H,27,32)(H,28,31). The van der Waals surface area contributed by atoms with Crippen LogP contribution in [0.1, 0.15) is 45.5 Å². The molecule has 3 heterocycles. The molecule has 0 aliphatic carbocycles. The number of carbonyl (C=O) groups excluding carboxylic acids is 4. The number of nitrogens with zero attached hydrogens (tertiary/aromatic N) is 2. The molecule has 0 atom stereocenters. The topological polar surface area (TPSA) is 98.8 Å². The third kappa shape index (κ3) is 4.77. The Morgan fingerprint density at radius 3 is 2.60 bits per heavy atom. The van der Waals surface area contributed by atoms with Crippen LogP contribution in [0.2, 0.25) is 0 Å². The van der Waals surface area contributed by atoms with Gasteiger partial charge in [-0.15, -0.1) is 0 Å². The Hall–Kier alpha value is -3.33. The molecule has 182 valence electrons. The molecule has 3 aliphatic rings. The number of anilines is 1. The SMILES string of the molecule is O=C1CN(C(=O)c2cccc(NC(=O)CC3(N4Cc5ccccc5C4=O)CCSCC3)c2)CCN1. The molecule has 2 fully saturated rings. The average molecular weight is 493 g/mol. The van der Waals surface area contributed by atoms with E-state index < -0.39 is 5.54 Å². The zero-order valence-electron chi connectivity index (χ0n) is 19.4. The number of carbonyl (C=O) groups is 4. The largest absolute Gasteiger partial charge is 0.353 e. The summed E-state index contributed by atoms with van der Waals surface area (Å²) in [4.78, 5) is 54.4. The minimum atomic E-state index is -0.528. The van der Waals surface area contributed by atoms with Crippen molar-refractivity contribution in [2.45, 2.75) is 31.3 Å². The quantitative estimate of drug-likeness (QED) is 0.668. The average Bonchev–Trinajstić information content (AvgIpc) is 3.21. The number of benzene rings is 2. The molecule has 0 saturated carbocycles. The van der Waals surface area contributed by atoms with E-state index in [0.29, 0.717) is 30.9 Å².